The van der Waals surface area contributed by atoms with Gasteiger partial charge in [-0.05, 0) is 52.8 Å². The van der Waals surface area contributed by atoms with Gasteiger partial charge in [0.25, 0.3) is 0 Å². The van der Waals surface area contributed by atoms with E-state index in [9.17, 15) is 4.79 Å². The van der Waals surface area contributed by atoms with Gasteiger partial charge in [0.15, 0.2) is 5.78 Å². The van der Waals surface area contributed by atoms with Crippen molar-refractivity contribution in [2.24, 2.45) is 0 Å². The lowest BCUT2D eigenvalue weighted by atomic mass is 10.0. The number of ketones is 1. The van der Waals surface area contributed by atoms with Crippen LogP contribution in [0.3, 0.4) is 0 Å². The molecule has 2 nitrogen and oxygen atoms in total. The van der Waals surface area contributed by atoms with Crippen molar-refractivity contribution >= 4 is 28.4 Å². The number of carbonyl (C=O) groups excluding carboxylic acids is 1. The summed E-state index contributed by atoms with van der Waals surface area (Å²) in [5.41, 5.74) is 2.95. The van der Waals surface area contributed by atoms with Gasteiger partial charge in [-0.2, -0.15) is 0 Å². The normalized spacial score (nSPS) is 10.3. The van der Waals surface area contributed by atoms with Crippen LogP contribution in [0.4, 0.5) is 0 Å². The molecule has 0 saturated carbocycles. The Morgan fingerprint density at radius 1 is 1.16 bits per heavy atom. The summed E-state index contributed by atoms with van der Waals surface area (Å²) < 4.78 is 6.15. The van der Waals surface area contributed by atoms with Crippen LogP contribution in [0.25, 0.3) is 0 Å². The van der Waals surface area contributed by atoms with Crippen LogP contribution in [0.1, 0.15) is 21.5 Å². The lowest BCUT2D eigenvalue weighted by Crippen LogP contribution is -2.06. The highest BCUT2D eigenvalue weighted by atomic mass is 127. The van der Waals surface area contributed by atoms with E-state index in [4.69, 9.17) is 4.74 Å². The number of Topliss-reactive ketones (excluding diaryl/α,β-unsaturated/α-hetero) is 1. The van der Waals surface area contributed by atoms with Crippen molar-refractivity contribution in [1.82, 2.24) is 0 Å². The van der Waals surface area contributed by atoms with E-state index >= 15 is 0 Å². The zero-order valence-electron chi connectivity index (χ0n) is 10.9. The van der Waals surface area contributed by atoms with Crippen molar-refractivity contribution < 1.29 is 9.53 Å². The number of methoxy groups -OCH3 is 1. The predicted octanol–water partition coefficient (Wildman–Crippen LogP) is 4.03. The molecule has 0 aliphatic heterocycles. The fourth-order valence-electron chi connectivity index (χ4n) is 1.89. The largest absolute Gasteiger partial charge is 0.497 e. The van der Waals surface area contributed by atoms with Gasteiger partial charge in [-0.1, -0.05) is 30.3 Å². The second kappa shape index (κ2) is 6.19. The lowest BCUT2D eigenvalue weighted by molar-refractivity contribution is 0.0992. The molecule has 2 rings (SSSR count). The van der Waals surface area contributed by atoms with E-state index < -0.39 is 0 Å². The standard InChI is InChI=1S/C16H15IO2/c1-11-4-3-5-14(16(11)17)15(18)10-12-6-8-13(19-2)9-7-12/h3-9H,10H2,1-2H3. The molecule has 0 fully saturated rings. The first-order valence-corrected chi connectivity index (χ1v) is 7.11. The minimum atomic E-state index is 0.151. The molecule has 0 heterocycles. The Balaban J connectivity index is 2.18. The van der Waals surface area contributed by atoms with Crippen molar-refractivity contribution in [3.63, 3.8) is 0 Å². The second-order valence-electron chi connectivity index (χ2n) is 4.38. The molecule has 0 saturated heterocycles. The molecular weight excluding hydrogens is 351 g/mol. The lowest BCUT2D eigenvalue weighted by Gasteiger charge is -2.07. The van der Waals surface area contributed by atoms with Gasteiger partial charge in [0, 0.05) is 15.6 Å². The Kier molecular flexibility index (Phi) is 4.58. The monoisotopic (exact) mass is 366 g/mol. The van der Waals surface area contributed by atoms with E-state index in [0.29, 0.717) is 6.42 Å². The summed E-state index contributed by atoms with van der Waals surface area (Å²) >= 11 is 2.23. The maximum atomic E-state index is 12.3. The van der Waals surface area contributed by atoms with Gasteiger partial charge in [0.2, 0.25) is 0 Å². The highest BCUT2D eigenvalue weighted by molar-refractivity contribution is 14.1. The predicted molar refractivity (Wildman–Crippen MR) is 84.9 cm³/mol. The van der Waals surface area contributed by atoms with Gasteiger partial charge in [-0.15, -0.1) is 0 Å². The quantitative estimate of drug-likeness (QED) is 0.603. The molecule has 3 heteroatoms. The van der Waals surface area contributed by atoms with Crippen molar-refractivity contribution in [2.75, 3.05) is 7.11 Å². The average Bonchev–Trinajstić information content (AvgIpc) is 2.42. The molecular formula is C16H15IO2. The molecule has 98 valence electrons. The number of halogens is 1. The SMILES string of the molecule is COc1ccc(CC(=O)c2cccc(C)c2I)cc1. The number of hydrogen-bond donors (Lipinski definition) is 0. The Morgan fingerprint density at radius 2 is 1.84 bits per heavy atom. The zero-order chi connectivity index (χ0) is 13.8. The molecule has 19 heavy (non-hydrogen) atoms. The maximum absolute atomic E-state index is 12.3. The minimum absolute atomic E-state index is 0.151. The summed E-state index contributed by atoms with van der Waals surface area (Å²) in [5.74, 6) is 0.958. The molecule has 0 aliphatic carbocycles. The smallest absolute Gasteiger partial charge is 0.168 e. The van der Waals surface area contributed by atoms with E-state index in [-0.39, 0.29) is 5.78 Å². The fraction of sp³-hybridized carbons (Fsp3) is 0.188. The van der Waals surface area contributed by atoms with Crippen LogP contribution in [-0.4, -0.2) is 12.9 Å². The summed E-state index contributed by atoms with van der Waals surface area (Å²) in [4.78, 5) is 12.3. The Morgan fingerprint density at radius 3 is 2.47 bits per heavy atom. The third-order valence-corrected chi connectivity index (χ3v) is 4.45. The van der Waals surface area contributed by atoms with Gasteiger partial charge >= 0.3 is 0 Å². The summed E-state index contributed by atoms with van der Waals surface area (Å²) in [6.45, 7) is 2.02. The van der Waals surface area contributed by atoms with E-state index in [2.05, 4.69) is 22.6 Å². The highest BCUT2D eigenvalue weighted by Gasteiger charge is 2.11. The fourth-order valence-corrected chi connectivity index (χ4v) is 2.55. The molecule has 0 spiro atoms. The van der Waals surface area contributed by atoms with Crippen LogP contribution >= 0.6 is 22.6 Å². The number of benzene rings is 2. The van der Waals surface area contributed by atoms with E-state index in [1.54, 1.807) is 7.11 Å². The minimum Gasteiger partial charge on any atom is -0.497 e. The van der Waals surface area contributed by atoms with Crippen LogP contribution in [-0.2, 0) is 6.42 Å². The number of hydrogen-bond acceptors (Lipinski definition) is 2. The second-order valence-corrected chi connectivity index (χ2v) is 5.46. The van der Waals surface area contributed by atoms with Gasteiger partial charge < -0.3 is 4.74 Å². The average molecular weight is 366 g/mol. The molecule has 0 unspecified atom stereocenters. The molecule has 0 atom stereocenters. The van der Waals surface area contributed by atoms with Crippen LogP contribution < -0.4 is 4.74 Å². The molecule has 2 aromatic rings. The van der Waals surface area contributed by atoms with Crippen LogP contribution in [0.2, 0.25) is 0 Å². The van der Waals surface area contributed by atoms with Crippen molar-refractivity contribution in [2.45, 2.75) is 13.3 Å². The first-order valence-electron chi connectivity index (χ1n) is 6.03. The molecule has 0 aromatic heterocycles. The summed E-state index contributed by atoms with van der Waals surface area (Å²) in [5, 5.41) is 0. The molecule has 2 aromatic carbocycles. The van der Waals surface area contributed by atoms with Crippen molar-refractivity contribution in [1.29, 1.82) is 0 Å². The Hall–Kier alpha value is -1.36. The zero-order valence-corrected chi connectivity index (χ0v) is 13.1. The number of carbonyl (C=O) groups is 1. The molecule has 0 bridgehead atoms. The van der Waals surface area contributed by atoms with Crippen LogP contribution in [0, 0.1) is 10.5 Å². The van der Waals surface area contributed by atoms with Crippen LogP contribution in [0.15, 0.2) is 42.5 Å². The maximum Gasteiger partial charge on any atom is 0.168 e. The van der Waals surface area contributed by atoms with E-state index in [0.717, 1.165) is 26.0 Å². The van der Waals surface area contributed by atoms with Crippen LogP contribution in [0.5, 0.6) is 5.75 Å². The summed E-state index contributed by atoms with van der Waals surface area (Å²) in [6, 6.07) is 13.5. The topological polar surface area (TPSA) is 26.3 Å². The Labute approximate surface area is 126 Å². The highest BCUT2D eigenvalue weighted by Crippen LogP contribution is 2.19. The van der Waals surface area contributed by atoms with E-state index in [1.165, 1.54) is 0 Å². The third kappa shape index (κ3) is 3.35. The van der Waals surface area contributed by atoms with Gasteiger partial charge in [-0.25, -0.2) is 0 Å². The van der Waals surface area contributed by atoms with Crippen molar-refractivity contribution in [3.8, 4) is 5.75 Å². The summed E-state index contributed by atoms with van der Waals surface area (Å²) in [6.07, 6.45) is 0.420. The first-order chi connectivity index (χ1) is 9.11. The molecule has 0 N–H and O–H groups in total. The van der Waals surface area contributed by atoms with Gasteiger partial charge in [0.05, 0.1) is 7.11 Å². The molecule has 0 radical (unpaired) electrons. The molecule has 0 amide bonds. The number of aryl methyl sites for hydroxylation is 1. The van der Waals surface area contributed by atoms with Crippen molar-refractivity contribution in [3.05, 3.63) is 62.7 Å². The molecule has 0 aliphatic rings. The first kappa shape index (κ1) is 14.1. The van der Waals surface area contributed by atoms with Gasteiger partial charge in [0.1, 0.15) is 5.75 Å². The Bertz CT molecular complexity index is 588. The number of rotatable bonds is 4. The van der Waals surface area contributed by atoms with E-state index in [1.807, 2.05) is 49.4 Å². The number of ether oxygens (including phenoxy) is 1. The third-order valence-electron chi connectivity index (χ3n) is 3.02. The van der Waals surface area contributed by atoms with Gasteiger partial charge in [-0.3, -0.25) is 4.79 Å². The summed E-state index contributed by atoms with van der Waals surface area (Å²) in [7, 11) is 1.63.